The first-order valence-corrected chi connectivity index (χ1v) is 7.52. The van der Waals surface area contributed by atoms with Gasteiger partial charge in [0.2, 0.25) is 0 Å². The topological polar surface area (TPSA) is 21.3 Å². The smallest absolute Gasteiger partial charge is 0.123 e. The Morgan fingerprint density at radius 1 is 1.20 bits per heavy atom. The van der Waals surface area contributed by atoms with Crippen LogP contribution in [0.15, 0.2) is 46.9 Å². The van der Waals surface area contributed by atoms with E-state index in [9.17, 15) is 0 Å². The van der Waals surface area contributed by atoms with Crippen molar-refractivity contribution in [2.45, 2.75) is 26.4 Å². The van der Waals surface area contributed by atoms with Crippen LogP contribution in [0.25, 0.3) is 0 Å². The van der Waals surface area contributed by atoms with Gasteiger partial charge in [-0.1, -0.05) is 46.3 Å². The van der Waals surface area contributed by atoms with E-state index < -0.39 is 0 Å². The standard InChI is InChI=1S/C17H20BrNO/c1-12-8-9-15(17(10-12)20-3)13(2)19-11-14-6-4-5-7-16(14)18/h4-10,13,19H,11H2,1-3H3. The molecule has 20 heavy (non-hydrogen) atoms. The lowest BCUT2D eigenvalue weighted by atomic mass is 10.0. The maximum absolute atomic E-state index is 5.47. The van der Waals surface area contributed by atoms with Gasteiger partial charge in [-0.2, -0.15) is 0 Å². The largest absolute Gasteiger partial charge is 0.496 e. The summed E-state index contributed by atoms with van der Waals surface area (Å²) in [6.45, 7) is 5.05. The summed E-state index contributed by atoms with van der Waals surface area (Å²) in [5.74, 6) is 0.942. The summed E-state index contributed by atoms with van der Waals surface area (Å²) in [5, 5.41) is 3.54. The highest BCUT2D eigenvalue weighted by atomic mass is 79.9. The SMILES string of the molecule is COc1cc(C)ccc1C(C)NCc1ccccc1Br. The molecule has 1 N–H and O–H groups in total. The van der Waals surface area contributed by atoms with Gasteiger partial charge in [-0.25, -0.2) is 0 Å². The third kappa shape index (κ3) is 3.62. The van der Waals surface area contributed by atoms with Crippen molar-refractivity contribution in [3.05, 3.63) is 63.6 Å². The van der Waals surface area contributed by atoms with Gasteiger partial charge in [0, 0.05) is 22.6 Å². The molecule has 2 rings (SSSR count). The molecule has 0 heterocycles. The summed E-state index contributed by atoms with van der Waals surface area (Å²) in [5.41, 5.74) is 3.65. The molecule has 0 radical (unpaired) electrons. The number of aryl methyl sites for hydroxylation is 1. The normalized spacial score (nSPS) is 12.2. The number of rotatable bonds is 5. The van der Waals surface area contributed by atoms with Crippen LogP contribution in [-0.4, -0.2) is 7.11 Å². The predicted octanol–water partition coefficient (Wildman–Crippen LogP) is 4.62. The van der Waals surface area contributed by atoms with Gasteiger partial charge < -0.3 is 10.1 Å². The molecule has 0 aliphatic carbocycles. The van der Waals surface area contributed by atoms with E-state index in [2.05, 4.69) is 71.5 Å². The molecule has 2 nitrogen and oxygen atoms in total. The van der Waals surface area contributed by atoms with Gasteiger partial charge in [-0.15, -0.1) is 0 Å². The zero-order valence-electron chi connectivity index (χ0n) is 12.1. The van der Waals surface area contributed by atoms with Gasteiger partial charge in [-0.3, -0.25) is 0 Å². The van der Waals surface area contributed by atoms with Crippen molar-refractivity contribution in [1.29, 1.82) is 0 Å². The molecule has 0 bridgehead atoms. The second-order valence-corrected chi connectivity index (χ2v) is 5.79. The maximum Gasteiger partial charge on any atom is 0.123 e. The van der Waals surface area contributed by atoms with Crippen molar-refractivity contribution in [2.24, 2.45) is 0 Å². The molecule has 106 valence electrons. The number of methoxy groups -OCH3 is 1. The fourth-order valence-electron chi connectivity index (χ4n) is 2.19. The molecule has 0 spiro atoms. The number of hydrogen-bond donors (Lipinski definition) is 1. The first-order chi connectivity index (χ1) is 9.61. The quantitative estimate of drug-likeness (QED) is 0.862. The zero-order chi connectivity index (χ0) is 14.5. The summed E-state index contributed by atoms with van der Waals surface area (Å²) in [6, 6.07) is 14.8. The fraction of sp³-hybridized carbons (Fsp3) is 0.294. The van der Waals surface area contributed by atoms with Crippen molar-refractivity contribution >= 4 is 15.9 Å². The van der Waals surface area contributed by atoms with E-state index >= 15 is 0 Å². The maximum atomic E-state index is 5.47. The Morgan fingerprint density at radius 3 is 2.65 bits per heavy atom. The van der Waals surface area contributed by atoms with E-state index in [1.807, 2.05) is 6.07 Å². The number of benzene rings is 2. The van der Waals surface area contributed by atoms with Gasteiger partial charge in [-0.05, 0) is 37.1 Å². The molecule has 0 aliphatic heterocycles. The summed E-state index contributed by atoms with van der Waals surface area (Å²) >= 11 is 3.58. The van der Waals surface area contributed by atoms with Crippen molar-refractivity contribution < 1.29 is 4.74 Å². The van der Waals surface area contributed by atoms with Gasteiger partial charge in [0.05, 0.1) is 7.11 Å². The Balaban J connectivity index is 2.09. The fourth-order valence-corrected chi connectivity index (χ4v) is 2.62. The van der Waals surface area contributed by atoms with Crippen molar-refractivity contribution in [2.75, 3.05) is 7.11 Å². The van der Waals surface area contributed by atoms with Crippen LogP contribution in [0.2, 0.25) is 0 Å². The van der Waals surface area contributed by atoms with Crippen LogP contribution in [0, 0.1) is 6.92 Å². The van der Waals surface area contributed by atoms with Crippen LogP contribution in [0.5, 0.6) is 5.75 Å². The zero-order valence-corrected chi connectivity index (χ0v) is 13.7. The van der Waals surface area contributed by atoms with Crippen molar-refractivity contribution in [1.82, 2.24) is 5.32 Å². The highest BCUT2D eigenvalue weighted by Crippen LogP contribution is 2.26. The molecule has 1 atom stereocenters. The third-order valence-corrected chi connectivity index (χ3v) is 4.19. The first-order valence-electron chi connectivity index (χ1n) is 6.73. The molecular weight excluding hydrogens is 314 g/mol. The molecule has 0 saturated carbocycles. The van der Waals surface area contributed by atoms with Crippen molar-refractivity contribution in [3.63, 3.8) is 0 Å². The van der Waals surface area contributed by atoms with Gasteiger partial charge in [0.1, 0.15) is 5.75 Å². The molecule has 0 aliphatic rings. The minimum atomic E-state index is 0.234. The molecule has 3 heteroatoms. The first kappa shape index (κ1) is 15.1. The minimum Gasteiger partial charge on any atom is -0.496 e. The molecule has 2 aromatic rings. The average Bonchev–Trinajstić information content (AvgIpc) is 2.46. The number of hydrogen-bond acceptors (Lipinski definition) is 2. The monoisotopic (exact) mass is 333 g/mol. The summed E-state index contributed by atoms with van der Waals surface area (Å²) in [6.07, 6.45) is 0. The molecule has 0 aromatic heterocycles. The van der Waals surface area contributed by atoms with E-state index in [4.69, 9.17) is 4.74 Å². The Kier molecular flexibility index (Phi) is 5.21. The second-order valence-electron chi connectivity index (χ2n) is 4.94. The van der Waals surface area contributed by atoms with Gasteiger partial charge in [0.25, 0.3) is 0 Å². The van der Waals surface area contributed by atoms with Crippen LogP contribution in [0.3, 0.4) is 0 Å². The van der Waals surface area contributed by atoms with E-state index in [0.717, 1.165) is 16.8 Å². The summed E-state index contributed by atoms with van der Waals surface area (Å²) < 4.78 is 6.61. The van der Waals surface area contributed by atoms with Crippen molar-refractivity contribution in [3.8, 4) is 5.75 Å². The average molecular weight is 334 g/mol. The molecule has 0 amide bonds. The van der Waals surface area contributed by atoms with E-state index in [1.54, 1.807) is 7.11 Å². The van der Waals surface area contributed by atoms with Crippen LogP contribution in [0.1, 0.15) is 29.7 Å². The van der Waals surface area contributed by atoms with Crippen LogP contribution >= 0.6 is 15.9 Å². The van der Waals surface area contributed by atoms with Gasteiger partial charge >= 0.3 is 0 Å². The molecule has 0 saturated heterocycles. The molecule has 2 aromatic carbocycles. The van der Waals surface area contributed by atoms with E-state index in [-0.39, 0.29) is 6.04 Å². The Morgan fingerprint density at radius 2 is 1.95 bits per heavy atom. The molecule has 0 fully saturated rings. The summed E-state index contributed by atoms with van der Waals surface area (Å²) in [4.78, 5) is 0. The number of halogens is 1. The van der Waals surface area contributed by atoms with Crippen LogP contribution < -0.4 is 10.1 Å². The number of nitrogens with one attached hydrogen (secondary N) is 1. The molecule has 1 unspecified atom stereocenters. The Labute approximate surface area is 129 Å². The second kappa shape index (κ2) is 6.91. The Bertz CT molecular complexity index is 583. The third-order valence-electron chi connectivity index (χ3n) is 3.41. The minimum absolute atomic E-state index is 0.234. The number of ether oxygens (including phenoxy) is 1. The van der Waals surface area contributed by atoms with Gasteiger partial charge in [0.15, 0.2) is 0 Å². The van der Waals surface area contributed by atoms with E-state index in [1.165, 1.54) is 16.7 Å². The lowest BCUT2D eigenvalue weighted by Gasteiger charge is -2.18. The van der Waals surface area contributed by atoms with Crippen LogP contribution in [0.4, 0.5) is 0 Å². The van der Waals surface area contributed by atoms with Crippen LogP contribution in [-0.2, 0) is 6.54 Å². The highest BCUT2D eigenvalue weighted by Gasteiger charge is 2.11. The lowest BCUT2D eigenvalue weighted by molar-refractivity contribution is 0.401. The lowest BCUT2D eigenvalue weighted by Crippen LogP contribution is -2.19. The molecular formula is C17H20BrNO. The predicted molar refractivity (Wildman–Crippen MR) is 87.1 cm³/mol. The Hall–Kier alpha value is -1.32. The van der Waals surface area contributed by atoms with E-state index in [0.29, 0.717) is 0 Å². The highest BCUT2D eigenvalue weighted by molar-refractivity contribution is 9.10. The summed E-state index contributed by atoms with van der Waals surface area (Å²) in [7, 11) is 1.72.